The molecule has 0 saturated carbocycles. The van der Waals surface area contributed by atoms with Crippen molar-refractivity contribution in [3.8, 4) is 12.3 Å². The van der Waals surface area contributed by atoms with Crippen LogP contribution in [0, 0.1) is 12.3 Å². The van der Waals surface area contributed by atoms with Crippen molar-refractivity contribution in [3.63, 3.8) is 0 Å². The summed E-state index contributed by atoms with van der Waals surface area (Å²) in [6.07, 6.45) is 5.37. The number of hydrogen-bond donors (Lipinski definition) is 1. The molecule has 2 unspecified atom stereocenters. The fraction of sp³-hybridized carbons (Fsp3) is 0.625. The van der Waals surface area contributed by atoms with Gasteiger partial charge in [-0.15, -0.1) is 6.42 Å². The smallest absolute Gasteiger partial charge is 0.267 e. The van der Waals surface area contributed by atoms with Crippen molar-refractivity contribution in [3.05, 3.63) is 0 Å². The van der Waals surface area contributed by atoms with Crippen LogP contribution in [0.3, 0.4) is 0 Å². The molecule has 0 bridgehead atoms. The first kappa shape index (κ1) is 8.09. The molecule has 2 atom stereocenters. The fourth-order valence-electron chi connectivity index (χ4n) is 1.26. The van der Waals surface area contributed by atoms with E-state index in [0.29, 0.717) is 6.42 Å². The van der Waals surface area contributed by atoms with E-state index in [1.54, 1.807) is 7.05 Å². The lowest BCUT2D eigenvalue weighted by atomic mass is 10.0. The van der Waals surface area contributed by atoms with Crippen molar-refractivity contribution >= 4 is 5.91 Å². The summed E-state index contributed by atoms with van der Waals surface area (Å²) in [4.78, 5) is 12.7. The van der Waals surface area contributed by atoms with E-state index >= 15 is 0 Å². The molecule has 0 spiro atoms. The first-order chi connectivity index (χ1) is 5.01. The molecule has 60 valence electrons. The number of likely N-dealkylation sites (N-methyl/N-ethyl adjacent to an activating group) is 1. The minimum atomic E-state index is -1.55. The topological polar surface area (TPSA) is 40.5 Å². The van der Waals surface area contributed by atoms with E-state index in [0.717, 1.165) is 0 Å². The molecule has 0 aromatic carbocycles. The van der Waals surface area contributed by atoms with Gasteiger partial charge in [0.05, 0.1) is 0 Å². The second-order valence-corrected chi connectivity index (χ2v) is 2.97. The van der Waals surface area contributed by atoms with Crippen molar-refractivity contribution in [1.29, 1.82) is 0 Å². The zero-order chi connectivity index (χ0) is 8.65. The van der Waals surface area contributed by atoms with Crippen molar-refractivity contribution in [2.24, 2.45) is 0 Å². The average molecular weight is 153 g/mol. The Kier molecular flexibility index (Phi) is 1.65. The Morgan fingerprint density at radius 1 is 1.91 bits per heavy atom. The van der Waals surface area contributed by atoms with E-state index in [4.69, 9.17) is 6.42 Å². The molecule has 3 heteroatoms. The largest absolute Gasteiger partial charge is 0.369 e. The Morgan fingerprint density at radius 2 is 2.45 bits per heavy atom. The molecule has 1 N–H and O–H groups in total. The Bertz CT molecular complexity index is 231. The third kappa shape index (κ3) is 0.997. The number of aliphatic hydroxyl groups is 1. The molecule has 0 aliphatic carbocycles. The summed E-state index contributed by atoms with van der Waals surface area (Å²) in [5.74, 6) is 1.75. The Labute approximate surface area is 66.0 Å². The van der Waals surface area contributed by atoms with Crippen LogP contribution in [0.1, 0.15) is 13.3 Å². The van der Waals surface area contributed by atoms with Crippen LogP contribution in [-0.2, 0) is 4.79 Å². The molecular weight excluding hydrogens is 142 g/mol. The Balaban J connectivity index is 2.93. The van der Waals surface area contributed by atoms with Gasteiger partial charge >= 0.3 is 0 Å². The molecule has 1 aliphatic heterocycles. The summed E-state index contributed by atoms with van der Waals surface area (Å²) < 4.78 is 0. The highest BCUT2D eigenvalue weighted by atomic mass is 16.3. The maximum Gasteiger partial charge on any atom is 0.267 e. The minimum Gasteiger partial charge on any atom is -0.369 e. The number of hydrogen-bond acceptors (Lipinski definition) is 2. The highest BCUT2D eigenvalue weighted by Gasteiger charge is 2.46. The lowest BCUT2D eigenvalue weighted by molar-refractivity contribution is -0.138. The lowest BCUT2D eigenvalue weighted by Crippen LogP contribution is -2.37. The zero-order valence-corrected chi connectivity index (χ0v) is 6.66. The number of rotatable bonds is 0. The van der Waals surface area contributed by atoms with E-state index < -0.39 is 5.60 Å². The highest BCUT2D eigenvalue weighted by molar-refractivity contribution is 5.90. The van der Waals surface area contributed by atoms with Gasteiger partial charge in [-0.1, -0.05) is 5.92 Å². The molecule has 0 aromatic rings. The SMILES string of the molecule is C#CC1(O)CC(C)N(C)C1=O. The molecule has 3 nitrogen and oxygen atoms in total. The second kappa shape index (κ2) is 2.24. The van der Waals surface area contributed by atoms with Crippen LogP contribution in [0.5, 0.6) is 0 Å². The Morgan fingerprint density at radius 3 is 2.64 bits per heavy atom. The predicted octanol–water partition coefficient (Wildman–Crippen LogP) is -0.399. The van der Waals surface area contributed by atoms with Crippen LogP contribution in [0.4, 0.5) is 0 Å². The Hall–Kier alpha value is -1.01. The maximum atomic E-state index is 11.2. The van der Waals surface area contributed by atoms with Crippen molar-refractivity contribution in [2.75, 3.05) is 7.05 Å². The monoisotopic (exact) mass is 153 g/mol. The molecule has 0 aromatic heterocycles. The van der Waals surface area contributed by atoms with Crippen LogP contribution < -0.4 is 0 Å². The third-order valence-electron chi connectivity index (χ3n) is 2.16. The molecule has 1 aliphatic rings. The predicted molar refractivity (Wildman–Crippen MR) is 40.6 cm³/mol. The third-order valence-corrected chi connectivity index (χ3v) is 2.16. The summed E-state index contributed by atoms with van der Waals surface area (Å²) in [7, 11) is 1.64. The summed E-state index contributed by atoms with van der Waals surface area (Å²) in [6, 6.07) is 0.0311. The van der Waals surface area contributed by atoms with Gasteiger partial charge in [-0.2, -0.15) is 0 Å². The molecule has 1 fully saturated rings. The van der Waals surface area contributed by atoms with Gasteiger partial charge < -0.3 is 10.0 Å². The molecular formula is C8H11NO2. The quantitative estimate of drug-likeness (QED) is 0.481. The van der Waals surface area contributed by atoms with Crippen LogP contribution in [0.2, 0.25) is 0 Å². The van der Waals surface area contributed by atoms with Crippen molar-refractivity contribution in [1.82, 2.24) is 4.90 Å². The molecule has 1 amide bonds. The first-order valence-electron chi connectivity index (χ1n) is 3.48. The van der Waals surface area contributed by atoms with Crippen LogP contribution >= 0.6 is 0 Å². The minimum absolute atomic E-state index is 0.0311. The van der Waals surface area contributed by atoms with Gasteiger partial charge in [-0.05, 0) is 6.92 Å². The van der Waals surface area contributed by atoms with Crippen LogP contribution in [-0.4, -0.2) is 34.6 Å². The van der Waals surface area contributed by atoms with E-state index in [2.05, 4.69) is 5.92 Å². The van der Waals surface area contributed by atoms with Gasteiger partial charge in [0, 0.05) is 19.5 Å². The number of carbonyl (C=O) groups excluding carboxylic acids is 1. The summed E-state index contributed by atoms with van der Waals surface area (Å²) >= 11 is 0. The van der Waals surface area contributed by atoms with Crippen molar-refractivity contribution < 1.29 is 9.90 Å². The van der Waals surface area contributed by atoms with Crippen molar-refractivity contribution in [2.45, 2.75) is 25.0 Å². The lowest BCUT2D eigenvalue weighted by Gasteiger charge is -2.14. The van der Waals surface area contributed by atoms with E-state index in [1.807, 2.05) is 6.92 Å². The molecule has 1 rings (SSSR count). The number of carbonyl (C=O) groups is 1. The number of likely N-dealkylation sites (tertiary alicyclic amines) is 1. The molecule has 1 saturated heterocycles. The van der Waals surface area contributed by atoms with Crippen LogP contribution in [0.15, 0.2) is 0 Å². The number of nitrogens with zero attached hydrogens (tertiary/aromatic N) is 1. The molecule has 11 heavy (non-hydrogen) atoms. The van der Waals surface area contributed by atoms with Crippen LogP contribution in [0.25, 0.3) is 0 Å². The highest BCUT2D eigenvalue weighted by Crippen LogP contribution is 2.25. The average Bonchev–Trinajstić information content (AvgIpc) is 2.17. The van der Waals surface area contributed by atoms with E-state index in [1.165, 1.54) is 4.90 Å². The van der Waals surface area contributed by atoms with Gasteiger partial charge in [0.15, 0.2) is 0 Å². The van der Waals surface area contributed by atoms with Gasteiger partial charge in [0.25, 0.3) is 5.91 Å². The van der Waals surface area contributed by atoms with E-state index in [9.17, 15) is 9.90 Å². The zero-order valence-electron chi connectivity index (χ0n) is 6.66. The summed E-state index contributed by atoms with van der Waals surface area (Å²) in [5, 5.41) is 9.48. The maximum absolute atomic E-state index is 11.2. The first-order valence-corrected chi connectivity index (χ1v) is 3.48. The van der Waals surface area contributed by atoms with Gasteiger partial charge in [0.2, 0.25) is 5.60 Å². The number of terminal acetylenes is 1. The number of amides is 1. The summed E-state index contributed by atoms with van der Waals surface area (Å²) in [5.41, 5.74) is -1.55. The molecule has 0 radical (unpaired) electrons. The second-order valence-electron chi connectivity index (χ2n) is 2.97. The normalized spacial score (nSPS) is 37.5. The standard InChI is InChI=1S/C8H11NO2/c1-4-8(11)5-6(2)9(3)7(8)10/h1,6,11H,5H2,2-3H3. The summed E-state index contributed by atoms with van der Waals surface area (Å²) in [6.45, 7) is 1.85. The van der Waals surface area contributed by atoms with E-state index in [-0.39, 0.29) is 11.9 Å². The van der Waals surface area contributed by atoms with Gasteiger partial charge in [-0.3, -0.25) is 4.79 Å². The van der Waals surface area contributed by atoms with Gasteiger partial charge in [0.1, 0.15) is 0 Å². The fourth-order valence-corrected chi connectivity index (χ4v) is 1.26. The van der Waals surface area contributed by atoms with Gasteiger partial charge in [-0.25, -0.2) is 0 Å². The molecule has 1 heterocycles.